The fourth-order valence-corrected chi connectivity index (χ4v) is 4.72. The van der Waals surface area contributed by atoms with Crippen molar-refractivity contribution in [1.29, 1.82) is 0 Å². The molecule has 3 heteroatoms. The molecule has 2 nitrogen and oxygen atoms in total. The van der Waals surface area contributed by atoms with Crippen LogP contribution in [0.2, 0.25) is 0 Å². The quantitative estimate of drug-likeness (QED) is 0.779. The third-order valence-corrected chi connectivity index (χ3v) is 5.68. The van der Waals surface area contributed by atoms with Gasteiger partial charge >= 0.3 is 0 Å². The van der Waals surface area contributed by atoms with Gasteiger partial charge in [0.1, 0.15) is 0 Å². The fourth-order valence-electron chi connectivity index (χ4n) is 4.06. The van der Waals surface area contributed by atoms with Gasteiger partial charge in [0.05, 0.1) is 15.7 Å². The van der Waals surface area contributed by atoms with E-state index >= 15 is 0 Å². The largest absolute Gasteiger partial charge is 0.371 e. The van der Waals surface area contributed by atoms with E-state index in [9.17, 15) is 0 Å². The highest BCUT2D eigenvalue weighted by atomic mass is 32.1. The van der Waals surface area contributed by atoms with Crippen LogP contribution in [0, 0.1) is 23.2 Å². The molecule has 1 aliphatic heterocycles. The summed E-state index contributed by atoms with van der Waals surface area (Å²) in [5.41, 5.74) is 4.93. The lowest BCUT2D eigenvalue weighted by atomic mass is 9.87. The summed E-state index contributed by atoms with van der Waals surface area (Å²) in [4.78, 5) is 6.98. The topological polar surface area (TPSA) is 16.1 Å². The van der Waals surface area contributed by atoms with Gasteiger partial charge in [0.25, 0.3) is 0 Å². The highest BCUT2D eigenvalue weighted by Crippen LogP contribution is 2.60. The van der Waals surface area contributed by atoms with Crippen LogP contribution in [-0.4, -0.2) is 18.1 Å². The lowest BCUT2D eigenvalue weighted by Gasteiger charge is -2.27. The van der Waals surface area contributed by atoms with Gasteiger partial charge in [-0.3, -0.25) is 0 Å². The highest BCUT2D eigenvalue weighted by molar-refractivity contribution is 7.16. The molecule has 1 aliphatic carbocycles. The maximum absolute atomic E-state index is 4.43. The Hall–Kier alpha value is -1.09. The SMILES string of the molecule is CC(C)(C)C1C2CN(c3ccc4scnc4c3)CC21. The average Bonchev–Trinajstić information content (AvgIpc) is 2.77. The van der Waals surface area contributed by atoms with E-state index < -0.39 is 0 Å². The minimum absolute atomic E-state index is 0.486. The molecule has 0 N–H and O–H groups in total. The van der Waals surface area contributed by atoms with Gasteiger partial charge in [0.15, 0.2) is 0 Å². The zero-order valence-corrected chi connectivity index (χ0v) is 12.6. The molecular formula is C16H20N2S. The van der Waals surface area contributed by atoms with Crippen molar-refractivity contribution in [1.82, 2.24) is 4.98 Å². The van der Waals surface area contributed by atoms with Crippen LogP contribution in [0.1, 0.15) is 20.8 Å². The number of thiazole rings is 1. The molecule has 1 saturated carbocycles. The summed E-state index contributed by atoms with van der Waals surface area (Å²) < 4.78 is 1.29. The van der Waals surface area contributed by atoms with Gasteiger partial charge < -0.3 is 4.90 Å². The van der Waals surface area contributed by atoms with Crippen molar-refractivity contribution in [2.45, 2.75) is 20.8 Å². The Morgan fingerprint density at radius 3 is 2.63 bits per heavy atom. The van der Waals surface area contributed by atoms with Crippen molar-refractivity contribution in [3.63, 3.8) is 0 Å². The summed E-state index contributed by atoms with van der Waals surface area (Å²) in [5, 5.41) is 0. The molecule has 0 spiro atoms. The lowest BCUT2D eigenvalue weighted by Crippen LogP contribution is -2.27. The van der Waals surface area contributed by atoms with Crippen molar-refractivity contribution < 1.29 is 0 Å². The number of piperidine rings is 1. The molecule has 2 aromatic rings. The molecule has 1 aromatic heterocycles. The van der Waals surface area contributed by atoms with E-state index in [0.29, 0.717) is 5.41 Å². The number of benzene rings is 1. The van der Waals surface area contributed by atoms with E-state index in [4.69, 9.17) is 0 Å². The van der Waals surface area contributed by atoms with Gasteiger partial charge in [-0.15, -0.1) is 11.3 Å². The van der Waals surface area contributed by atoms with Crippen LogP contribution in [0.4, 0.5) is 5.69 Å². The van der Waals surface area contributed by atoms with E-state index in [1.165, 1.54) is 23.5 Å². The Morgan fingerprint density at radius 1 is 1.21 bits per heavy atom. The first kappa shape index (κ1) is 11.7. The second-order valence-electron chi connectivity index (χ2n) is 7.13. The number of nitrogens with zero attached hydrogens (tertiary/aromatic N) is 2. The first-order chi connectivity index (χ1) is 9.04. The van der Waals surface area contributed by atoms with Gasteiger partial charge in [-0.05, 0) is 41.4 Å². The molecule has 0 amide bonds. The summed E-state index contributed by atoms with van der Waals surface area (Å²) >= 11 is 1.72. The van der Waals surface area contributed by atoms with Crippen LogP contribution >= 0.6 is 11.3 Å². The standard InChI is InChI=1S/C16H20N2S/c1-16(2,3)15-11-7-18(8-12(11)15)10-4-5-14-13(6-10)17-9-19-14/h4-6,9,11-12,15H,7-8H2,1-3H3. The normalized spacial score (nSPS) is 29.8. The predicted octanol–water partition coefficient (Wildman–Crippen LogP) is 4.02. The van der Waals surface area contributed by atoms with E-state index in [-0.39, 0.29) is 0 Å². The molecule has 2 aliphatic rings. The summed E-state index contributed by atoms with van der Waals surface area (Å²) in [5.74, 6) is 2.78. The zero-order valence-electron chi connectivity index (χ0n) is 11.8. The first-order valence-electron chi connectivity index (χ1n) is 7.12. The maximum Gasteiger partial charge on any atom is 0.0832 e. The van der Waals surface area contributed by atoms with E-state index in [1.807, 2.05) is 5.51 Å². The summed E-state index contributed by atoms with van der Waals surface area (Å²) in [6, 6.07) is 6.73. The molecule has 19 heavy (non-hydrogen) atoms. The minimum atomic E-state index is 0.486. The molecule has 100 valence electrons. The number of hydrogen-bond donors (Lipinski definition) is 0. The van der Waals surface area contributed by atoms with Gasteiger partial charge in [0.2, 0.25) is 0 Å². The van der Waals surface area contributed by atoms with Gasteiger partial charge in [-0.1, -0.05) is 20.8 Å². The van der Waals surface area contributed by atoms with Crippen LogP contribution in [0.5, 0.6) is 0 Å². The minimum Gasteiger partial charge on any atom is -0.371 e. The molecular weight excluding hydrogens is 252 g/mol. The number of fused-ring (bicyclic) bond motifs is 2. The maximum atomic E-state index is 4.43. The van der Waals surface area contributed by atoms with Crippen molar-refractivity contribution in [2.24, 2.45) is 23.2 Å². The molecule has 0 radical (unpaired) electrons. The van der Waals surface area contributed by atoms with E-state index in [0.717, 1.165) is 23.3 Å². The van der Waals surface area contributed by atoms with E-state index in [1.54, 1.807) is 11.3 Å². The third-order valence-electron chi connectivity index (χ3n) is 4.87. The van der Waals surface area contributed by atoms with Crippen LogP contribution in [0.15, 0.2) is 23.7 Å². The van der Waals surface area contributed by atoms with Gasteiger partial charge in [-0.2, -0.15) is 0 Å². The summed E-state index contributed by atoms with van der Waals surface area (Å²) in [6.07, 6.45) is 0. The van der Waals surface area contributed by atoms with E-state index in [2.05, 4.69) is 48.9 Å². The van der Waals surface area contributed by atoms with Crippen molar-refractivity contribution in [3.05, 3.63) is 23.7 Å². The number of hydrogen-bond acceptors (Lipinski definition) is 3. The summed E-state index contributed by atoms with van der Waals surface area (Å²) in [6.45, 7) is 9.65. The van der Waals surface area contributed by atoms with Gasteiger partial charge in [0, 0.05) is 18.8 Å². The van der Waals surface area contributed by atoms with Crippen LogP contribution in [0.3, 0.4) is 0 Å². The molecule has 1 aromatic carbocycles. The molecule has 2 unspecified atom stereocenters. The average molecular weight is 272 g/mol. The van der Waals surface area contributed by atoms with Crippen molar-refractivity contribution >= 4 is 27.2 Å². The number of rotatable bonds is 1. The van der Waals surface area contributed by atoms with Gasteiger partial charge in [-0.25, -0.2) is 4.98 Å². The Morgan fingerprint density at radius 2 is 1.95 bits per heavy atom. The first-order valence-corrected chi connectivity index (χ1v) is 8.00. The highest BCUT2D eigenvalue weighted by Gasteiger charge is 2.59. The second kappa shape index (κ2) is 3.72. The fraction of sp³-hybridized carbons (Fsp3) is 0.562. The second-order valence-corrected chi connectivity index (χ2v) is 8.02. The number of aromatic nitrogens is 1. The molecule has 0 bridgehead atoms. The van der Waals surface area contributed by atoms with Crippen molar-refractivity contribution in [3.8, 4) is 0 Å². The monoisotopic (exact) mass is 272 g/mol. The molecule has 1 saturated heterocycles. The van der Waals surface area contributed by atoms with Crippen molar-refractivity contribution in [2.75, 3.05) is 18.0 Å². The predicted molar refractivity (Wildman–Crippen MR) is 81.8 cm³/mol. The molecule has 2 heterocycles. The summed E-state index contributed by atoms with van der Waals surface area (Å²) in [7, 11) is 0. The third kappa shape index (κ3) is 1.78. The molecule has 2 fully saturated rings. The van der Waals surface area contributed by atoms with Crippen LogP contribution in [-0.2, 0) is 0 Å². The Bertz CT molecular complexity index is 613. The molecule has 4 rings (SSSR count). The molecule has 2 atom stereocenters. The van der Waals surface area contributed by atoms with Crippen LogP contribution in [0.25, 0.3) is 10.2 Å². The Kier molecular flexibility index (Phi) is 2.29. The number of anilines is 1. The smallest absolute Gasteiger partial charge is 0.0832 e. The Labute approximate surface area is 118 Å². The lowest BCUT2D eigenvalue weighted by molar-refractivity contribution is 0.309. The Balaban J connectivity index is 1.54. The van der Waals surface area contributed by atoms with Crippen LogP contribution < -0.4 is 4.90 Å². The zero-order chi connectivity index (χ0) is 13.2.